The average Bonchev–Trinajstić information content (AvgIpc) is 2.02. The predicted molar refractivity (Wildman–Crippen MR) is 57.3 cm³/mol. The van der Waals surface area contributed by atoms with Crippen molar-refractivity contribution < 1.29 is 5.11 Å². The summed E-state index contributed by atoms with van der Waals surface area (Å²) in [5.74, 6) is 5.53. The minimum Gasteiger partial charge on any atom is -0.386 e. The summed E-state index contributed by atoms with van der Waals surface area (Å²) >= 11 is 0. The average molecular weight is 194 g/mol. The maximum absolute atomic E-state index is 9.73. The summed E-state index contributed by atoms with van der Waals surface area (Å²) < 4.78 is 0. The summed E-state index contributed by atoms with van der Waals surface area (Å²) in [5.41, 5.74) is 1.29. The number of aliphatic hydroxyl groups is 1. The Morgan fingerprint density at radius 2 is 1.79 bits per heavy atom. The highest BCUT2D eigenvalue weighted by molar-refractivity contribution is 5.26. The van der Waals surface area contributed by atoms with E-state index in [2.05, 4.69) is 0 Å². The number of hydrogen-bond acceptors (Lipinski definition) is 3. The van der Waals surface area contributed by atoms with Crippen LogP contribution in [-0.2, 0) is 12.1 Å². The molecule has 0 saturated carbocycles. The SMILES string of the molecule is CN(N)Cc1ccc(C(C)(C)O)cc1. The molecule has 0 aliphatic heterocycles. The largest absolute Gasteiger partial charge is 0.386 e. The molecule has 14 heavy (non-hydrogen) atoms. The van der Waals surface area contributed by atoms with E-state index in [1.807, 2.05) is 31.3 Å². The van der Waals surface area contributed by atoms with Gasteiger partial charge in [0, 0.05) is 13.6 Å². The molecule has 0 unspecified atom stereocenters. The van der Waals surface area contributed by atoms with E-state index in [4.69, 9.17) is 5.84 Å². The summed E-state index contributed by atoms with van der Waals surface area (Å²) in [5, 5.41) is 11.4. The Labute approximate surface area is 85.1 Å². The predicted octanol–water partition coefficient (Wildman–Crippen LogP) is 1.22. The summed E-state index contributed by atoms with van der Waals surface area (Å²) in [6.45, 7) is 4.26. The Bertz CT molecular complexity index is 285. The number of rotatable bonds is 3. The van der Waals surface area contributed by atoms with Crippen molar-refractivity contribution in [3.8, 4) is 0 Å². The molecule has 0 aliphatic carbocycles. The third-order valence-corrected chi connectivity index (χ3v) is 2.09. The first-order chi connectivity index (χ1) is 6.39. The number of benzene rings is 1. The molecule has 0 heterocycles. The first-order valence-corrected chi connectivity index (χ1v) is 4.67. The fraction of sp³-hybridized carbons (Fsp3) is 0.455. The second-order valence-corrected chi connectivity index (χ2v) is 4.17. The Balaban J connectivity index is 2.79. The Morgan fingerprint density at radius 1 is 1.29 bits per heavy atom. The zero-order valence-electron chi connectivity index (χ0n) is 8.99. The Hall–Kier alpha value is -0.900. The van der Waals surface area contributed by atoms with Crippen molar-refractivity contribution in [1.29, 1.82) is 0 Å². The summed E-state index contributed by atoms with van der Waals surface area (Å²) in [4.78, 5) is 0. The smallest absolute Gasteiger partial charge is 0.0840 e. The third kappa shape index (κ3) is 3.10. The van der Waals surface area contributed by atoms with Crippen molar-refractivity contribution in [2.75, 3.05) is 7.05 Å². The monoisotopic (exact) mass is 194 g/mol. The van der Waals surface area contributed by atoms with Gasteiger partial charge in [-0.2, -0.15) is 0 Å². The van der Waals surface area contributed by atoms with Gasteiger partial charge in [0.2, 0.25) is 0 Å². The topological polar surface area (TPSA) is 49.5 Å². The van der Waals surface area contributed by atoms with Crippen molar-refractivity contribution in [1.82, 2.24) is 5.01 Å². The molecule has 3 N–H and O–H groups in total. The molecule has 0 saturated heterocycles. The standard InChI is InChI=1S/C11H18N2O/c1-11(2,14)10-6-4-9(5-7-10)8-13(3)12/h4-7,14H,8,12H2,1-3H3. The van der Waals surface area contributed by atoms with Gasteiger partial charge >= 0.3 is 0 Å². The molecule has 1 aromatic carbocycles. The van der Waals surface area contributed by atoms with E-state index in [9.17, 15) is 5.11 Å². The van der Waals surface area contributed by atoms with Gasteiger partial charge in [-0.1, -0.05) is 24.3 Å². The van der Waals surface area contributed by atoms with Gasteiger partial charge in [-0.3, -0.25) is 5.84 Å². The lowest BCUT2D eigenvalue weighted by Crippen LogP contribution is -2.25. The van der Waals surface area contributed by atoms with E-state index in [1.165, 1.54) is 0 Å². The molecular formula is C11H18N2O. The molecule has 0 spiro atoms. The van der Waals surface area contributed by atoms with Gasteiger partial charge in [0.05, 0.1) is 5.60 Å². The first-order valence-electron chi connectivity index (χ1n) is 4.67. The van der Waals surface area contributed by atoms with Crippen LogP contribution in [-0.4, -0.2) is 17.2 Å². The molecule has 0 bridgehead atoms. The van der Waals surface area contributed by atoms with E-state index in [-0.39, 0.29) is 0 Å². The molecule has 3 heteroatoms. The van der Waals surface area contributed by atoms with Crippen LogP contribution in [0.5, 0.6) is 0 Å². The Kier molecular flexibility index (Phi) is 3.26. The molecule has 0 fully saturated rings. The lowest BCUT2D eigenvalue weighted by atomic mass is 9.97. The highest BCUT2D eigenvalue weighted by Gasteiger charge is 2.14. The Morgan fingerprint density at radius 3 is 2.14 bits per heavy atom. The van der Waals surface area contributed by atoms with Crippen LogP contribution in [0.3, 0.4) is 0 Å². The quantitative estimate of drug-likeness (QED) is 0.562. The lowest BCUT2D eigenvalue weighted by Gasteiger charge is -2.18. The van der Waals surface area contributed by atoms with Crippen molar-refractivity contribution in [2.24, 2.45) is 5.84 Å². The molecule has 0 aromatic heterocycles. The molecular weight excluding hydrogens is 176 g/mol. The van der Waals surface area contributed by atoms with E-state index < -0.39 is 5.60 Å². The highest BCUT2D eigenvalue weighted by Crippen LogP contribution is 2.19. The van der Waals surface area contributed by atoms with Gasteiger partial charge in [-0.15, -0.1) is 0 Å². The third-order valence-electron chi connectivity index (χ3n) is 2.09. The van der Waals surface area contributed by atoms with E-state index in [0.29, 0.717) is 6.54 Å². The van der Waals surface area contributed by atoms with Crippen LogP contribution in [0.4, 0.5) is 0 Å². The van der Waals surface area contributed by atoms with Gasteiger partial charge < -0.3 is 5.11 Å². The van der Waals surface area contributed by atoms with E-state index in [1.54, 1.807) is 18.9 Å². The van der Waals surface area contributed by atoms with Gasteiger partial charge in [-0.05, 0) is 25.0 Å². The van der Waals surface area contributed by atoms with Gasteiger partial charge in [-0.25, -0.2) is 5.01 Å². The second-order valence-electron chi connectivity index (χ2n) is 4.17. The summed E-state index contributed by atoms with van der Waals surface area (Å²) in [7, 11) is 1.82. The maximum Gasteiger partial charge on any atom is 0.0840 e. The van der Waals surface area contributed by atoms with Crippen LogP contribution in [0.25, 0.3) is 0 Å². The van der Waals surface area contributed by atoms with Crippen molar-refractivity contribution >= 4 is 0 Å². The number of nitrogens with two attached hydrogens (primary N) is 1. The van der Waals surface area contributed by atoms with Crippen LogP contribution in [0, 0.1) is 0 Å². The van der Waals surface area contributed by atoms with Gasteiger partial charge in [0.1, 0.15) is 0 Å². The molecule has 0 aliphatic rings. The fourth-order valence-corrected chi connectivity index (χ4v) is 1.31. The lowest BCUT2D eigenvalue weighted by molar-refractivity contribution is 0.0786. The zero-order chi connectivity index (χ0) is 10.8. The van der Waals surface area contributed by atoms with Crippen molar-refractivity contribution in [2.45, 2.75) is 26.0 Å². The highest BCUT2D eigenvalue weighted by atomic mass is 16.3. The summed E-state index contributed by atoms with van der Waals surface area (Å²) in [6.07, 6.45) is 0. The van der Waals surface area contributed by atoms with Crippen molar-refractivity contribution in [3.63, 3.8) is 0 Å². The molecule has 0 atom stereocenters. The van der Waals surface area contributed by atoms with Crippen LogP contribution in [0.15, 0.2) is 24.3 Å². The molecule has 0 amide bonds. The van der Waals surface area contributed by atoms with Crippen LogP contribution < -0.4 is 5.84 Å². The van der Waals surface area contributed by atoms with Crippen molar-refractivity contribution in [3.05, 3.63) is 35.4 Å². The second kappa shape index (κ2) is 4.09. The van der Waals surface area contributed by atoms with Crippen LogP contribution in [0.2, 0.25) is 0 Å². The minimum atomic E-state index is -0.771. The molecule has 1 rings (SSSR count). The van der Waals surface area contributed by atoms with Crippen LogP contribution in [0.1, 0.15) is 25.0 Å². The molecule has 1 aromatic rings. The molecule has 0 radical (unpaired) electrons. The first kappa shape index (κ1) is 11.2. The van der Waals surface area contributed by atoms with E-state index in [0.717, 1.165) is 11.1 Å². The zero-order valence-corrected chi connectivity index (χ0v) is 8.99. The number of nitrogens with zero attached hydrogens (tertiary/aromatic N) is 1. The fourth-order valence-electron chi connectivity index (χ4n) is 1.31. The number of hydrogen-bond donors (Lipinski definition) is 2. The summed E-state index contributed by atoms with van der Waals surface area (Å²) in [6, 6.07) is 7.82. The molecule has 78 valence electrons. The van der Waals surface area contributed by atoms with E-state index >= 15 is 0 Å². The van der Waals surface area contributed by atoms with Crippen LogP contribution >= 0.6 is 0 Å². The minimum absolute atomic E-state index is 0.714. The normalized spacial score (nSPS) is 12.1. The maximum atomic E-state index is 9.73. The molecule has 3 nitrogen and oxygen atoms in total. The van der Waals surface area contributed by atoms with Gasteiger partial charge in [0.25, 0.3) is 0 Å². The number of hydrazine groups is 1. The van der Waals surface area contributed by atoms with Gasteiger partial charge in [0.15, 0.2) is 0 Å².